The number of hydrogen-bond donors (Lipinski definition) is 3. The van der Waals surface area contributed by atoms with Crippen LogP contribution in [-0.2, 0) is 0 Å². The second-order valence-corrected chi connectivity index (χ2v) is 5.04. The van der Waals surface area contributed by atoms with E-state index < -0.39 is 0 Å². The van der Waals surface area contributed by atoms with E-state index in [0.717, 1.165) is 27.6 Å². The number of nitrogens with zero attached hydrogens (tertiary/aromatic N) is 2. The van der Waals surface area contributed by atoms with E-state index in [1.54, 1.807) is 31.6 Å². The van der Waals surface area contributed by atoms with Crippen molar-refractivity contribution in [2.45, 2.75) is 0 Å². The first-order valence-electron chi connectivity index (χ1n) is 7.02. The zero-order valence-electron chi connectivity index (χ0n) is 12.3. The van der Waals surface area contributed by atoms with E-state index in [1.807, 2.05) is 18.2 Å². The molecule has 0 spiro atoms. The number of H-pyrrole nitrogens is 2. The summed E-state index contributed by atoms with van der Waals surface area (Å²) in [4.78, 5) is 19.1. The molecule has 23 heavy (non-hydrogen) atoms. The first kappa shape index (κ1) is 13.3. The summed E-state index contributed by atoms with van der Waals surface area (Å²) in [6, 6.07) is 9.08. The second kappa shape index (κ2) is 5.13. The Morgan fingerprint density at radius 1 is 1.22 bits per heavy atom. The molecule has 4 aromatic rings. The summed E-state index contributed by atoms with van der Waals surface area (Å²) in [5.74, 6) is 1.30. The van der Waals surface area contributed by atoms with Crippen LogP contribution in [0.2, 0.25) is 0 Å². The first-order chi connectivity index (χ1) is 11.3. The zero-order chi connectivity index (χ0) is 15.8. The number of methoxy groups -OCH3 is 1. The molecule has 3 N–H and O–H groups in total. The summed E-state index contributed by atoms with van der Waals surface area (Å²) < 4.78 is 5.27. The van der Waals surface area contributed by atoms with Gasteiger partial charge in [-0.25, -0.2) is 4.98 Å². The van der Waals surface area contributed by atoms with Gasteiger partial charge in [0.2, 0.25) is 0 Å². The van der Waals surface area contributed by atoms with Gasteiger partial charge in [-0.15, -0.1) is 0 Å². The molecule has 7 nitrogen and oxygen atoms in total. The lowest BCUT2D eigenvalue weighted by Crippen LogP contribution is -2.10. The van der Waals surface area contributed by atoms with Crippen LogP contribution >= 0.6 is 0 Å². The number of rotatable bonds is 3. The van der Waals surface area contributed by atoms with Gasteiger partial charge in [-0.3, -0.25) is 9.89 Å². The molecule has 0 bridgehead atoms. The van der Waals surface area contributed by atoms with Gasteiger partial charge in [0.1, 0.15) is 17.0 Å². The number of anilines is 2. The summed E-state index contributed by atoms with van der Waals surface area (Å²) in [5, 5.41) is 11.9. The molecule has 0 atom stereocenters. The predicted molar refractivity (Wildman–Crippen MR) is 88.3 cm³/mol. The average molecular weight is 307 g/mol. The van der Waals surface area contributed by atoms with Crippen molar-refractivity contribution in [1.29, 1.82) is 0 Å². The third-order valence-electron chi connectivity index (χ3n) is 3.67. The lowest BCUT2D eigenvalue weighted by molar-refractivity contribution is 0.415. The topological polar surface area (TPSA) is 95.7 Å². The number of nitrogens with one attached hydrogen (secondary N) is 3. The molecule has 0 unspecified atom stereocenters. The van der Waals surface area contributed by atoms with Crippen molar-refractivity contribution in [3.05, 3.63) is 53.1 Å². The molecule has 3 heterocycles. The van der Waals surface area contributed by atoms with E-state index in [2.05, 4.69) is 25.5 Å². The molecule has 0 amide bonds. The maximum absolute atomic E-state index is 11.9. The van der Waals surface area contributed by atoms with Crippen molar-refractivity contribution in [3.8, 4) is 5.75 Å². The van der Waals surface area contributed by atoms with Crippen molar-refractivity contribution in [1.82, 2.24) is 20.2 Å². The van der Waals surface area contributed by atoms with Gasteiger partial charge < -0.3 is 15.0 Å². The molecular formula is C16H13N5O2. The molecule has 4 rings (SSSR count). The maximum atomic E-state index is 11.9. The van der Waals surface area contributed by atoms with E-state index in [0.29, 0.717) is 11.5 Å². The fourth-order valence-corrected chi connectivity index (χ4v) is 2.54. The summed E-state index contributed by atoms with van der Waals surface area (Å²) in [5.41, 5.74) is 1.73. The SMILES string of the molecule is COc1ccc2nc(Nc3ccc[nH]c3=O)c3[nH]ncc3c2c1. The van der Waals surface area contributed by atoms with Gasteiger partial charge >= 0.3 is 0 Å². The Balaban J connectivity index is 1.94. The smallest absolute Gasteiger partial charge is 0.271 e. The van der Waals surface area contributed by atoms with Crippen molar-refractivity contribution < 1.29 is 4.74 Å². The molecule has 0 saturated heterocycles. The van der Waals surface area contributed by atoms with E-state index in [9.17, 15) is 4.79 Å². The molecule has 114 valence electrons. The van der Waals surface area contributed by atoms with Crippen molar-refractivity contribution in [3.63, 3.8) is 0 Å². The highest BCUT2D eigenvalue weighted by Gasteiger charge is 2.12. The summed E-state index contributed by atoms with van der Waals surface area (Å²) >= 11 is 0. The Kier molecular flexibility index (Phi) is 2.97. The molecule has 7 heteroatoms. The molecule has 0 aliphatic carbocycles. The molecule has 3 aromatic heterocycles. The van der Waals surface area contributed by atoms with Crippen LogP contribution < -0.4 is 15.6 Å². The molecule has 0 radical (unpaired) electrons. The van der Waals surface area contributed by atoms with Gasteiger partial charge in [0.15, 0.2) is 5.82 Å². The zero-order valence-corrected chi connectivity index (χ0v) is 12.3. The quantitative estimate of drug-likeness (QED) is 0.540. The monoisotopic (exact) mass is 307 g/mol. The number of benzene rings is 1. The molecule has 0 aliphatic rings. The lowest BCUT2D eigenvalue weighted by atomic mass is 10.1. The van der Waals surface area contributed by atoms with Gasteiger partial charge in [0.05, 0.1) is 18.8 Å². The van der Waals surface area contributed by atoms with Crippen LogP contribution in [0.1, 0.15) is 0 Å². The first-order valence-corrected chi connectivity index (χ1v) is 7.02. The van der Waals surface area contributed by atoms with Crippen LogP contribution in [0.15, 0.2) is 47.5 Å². The summed E-state index contributed by atoms with van der Waals surface area (Å²) in [7, 11) is 1.62. The fourth-order valence-electron chi connectivity index (χ4n) is 2.54. The third-order valence-corrected chi connectivity index (χ3v) is 3.67. The average Bonchev–Trinajstić information content (AvgIpc) is 3.07. The van der Waals surface area contributed by atoms with Gasteiger partial charge in [-0.05, 0) is 30.3 Å². The third kappa shape index (κ3) is 2.18. The fraction of sp³-hybridized carbons (Fsp3) is 0.0625. The van der Waals surface area contributed by atoms with Crippen molar-refractivity contribution >= 4 is 33.3 Å². The minimum Gasteiger partial charge on any atom is -0.497 e. The van der Waals surface area contributed by atoms with E-state index in [4.69, 9.17) is 4.74 Å². The van der Waals surface area contributed by atoms with E-state index in [-0.39, 0.29) is 5.56 Å². The maximum Gasteiger partial charge on any atom is 0.271 e. The van der Waals surface area contributed by atoms with Crippen LogP contribution in [0.3, 0.4) is 0 Å². The standard InChI is InChI=1S/C16H13N5O2/c1-23-9-4-5-12-10(7-9)11-8-18-21-14(11)15(19-12)20-13-3-2-6-17-16(13)22/h2-8H,1H3,(H,17,22)(H,18,21)(H,19,20). The summed E-state index contributed by atoms with van der Waals surface area (Å²) in [6.07, 6.45) is 3.32. The highest BCUT2D eigenvalue weighted by molar-refractivity contribution is 6.09. The Labute approximate surface area is 130 Å². The van der Waals surface area contributed by atoms with Crippen molar-refractivity contribution in [2.24, 2.45) is 0 Å². The minimum absolute atomic E-state index is 0.211. The number of fused-ring (bicyclic) bond motifs is 3. The Bertz CT molecular complexity index is 1070. The Hall–Kier alpha value is -3.35. The van der Waals surface area contributed by atoms with Crippen LogP contribution in [0.4, 0.5) is 11.5 Å². The molecule has 0 saturated carbocycles. The van der Waals surface area contributed by atoms with E-state index >= 15 is 0 Å². The largest absolute Gasteiger partial charge is 0.497 e. The molecule has 1 aromatic carbocycles. The number of hydrogen-bond acceptors (Lipinski definition) is 5. The minimum atomic E-state index is -0.211. The number of pyridine rings is 2. The predicted octanol–water partition coefficient (Wildman–Crippen LogP) is 2.55. The van der Waals surface area contributed by atoms with Gasteiger partial charge in [-0.2, -0.15) is 5.10 Å². The highest BCUT2D eigenvalue weighted by atomic mass is 16.5. The molecule has 0 fully saturated rings. The Morgan fingerprint density at radius 2 is 2.13 bits per heavy atom. The van der Waals surface area contributed by atoms with Crippen LogP contribution in [-0.4, -0.2) is 27.3 Å². The van der Waals surface area contributed by atoms with Crippen LogP contribution in [0, 0.1) is 0 Å². The summed E-state index contributed by atoms with van der Waals surface area (Å²) in [6.45, 7) is 0. The number of aromatic nitrogens is 4. The van der Waals surface area contributed by atoms with E-state index in [1.165, 1.54) is 0 Å². The molecule has 0 aliphatic heterocycles. The normalized spacial score (nSPS) is 11.0. The van der Waals surface area contributed by atoms with Crippen LogP contribution in [0.25, 0.3) is 21.8 Å². The van der Waals surface area contributed by atoms with Gasteiger partial charge in [-0.1, -0.05) is 0 Å². The number of aromatic amines is 2. The number of ether oxygens (including phenoxy) is 1. The highest BCUT2D eigenvalue weighted by Crippen LogP contribution is 2.31. The van der Waals surface area contributed by atoms with Gasteiger partial charge in [0.25, 0.3) is 5.56 Å². The van der Waals surface area contributed by atoms with Crippen molar-refractivity contribution in [2.75, 3.05) is 12.4 Å². The Morgan fingerprint density at radius 3 is 2.96 bits per heavy atom. The lowest BCUT2D eigenvalue weighted by Gasteiger charge is -2.09. The second-order valence-electron chi connectivity index (χ2n) is 5.04. The van der Waals surface area contributed by atoms with Gasteiger partial charge in [0, 0.05) is 17.0 Å². The molecular weight excluding hydrogens is 294 g/mol. The van der Waals surface area contributed by atoms with Crippen LogP contribution in [0.5, 0.6) is 5.75 Å².